The first-order chi connectivity index (χ1) is 6.61. The van der Waals surface area contributed by atoms with Crippen LogP contribution in [0.25, 0.3) is 0 Å². The zero-order valence-corrected chi connectivity index (χ0v) is 8.65. The van der Waals surface area contributed by atoms with E-state index in [4.69, 9.17) is 5.11 Å². The number of carbonyl (C=O) groups excluding carboxylic acids is 2. The van der Waals surface area contributed by atoms with Crippen LogP contribution in [0.3, 0.4) is 0 Å². The molecule has 1 saturated heterocycles. The average Bonchev–Trinajstić information content (AvgIpc) is 2.52. The van der Waals surface area contributed by atoms with Crippen LogP contribution in [0.15, 0.2) is 0 Å². The quantitative estimate of drug-likeness (QED) is 0.511. The van der Waals surface area contributed by atoms with Crippen LogP contribution < -0.4 is 0 Å². The van der Waals surface area contributed by atoms with E-state index in [0.29, 0.717) is 12.3 Å². The maximum atomic E-state index is 10.5. The van der Waals surface area contributed by atoms with E-state index in [1.807, 2.05) is 7.05 Å². The monoisotopic (exact) mass is 203 g/mol. The number of ether oxygens (including phenoxy) is 1. The van der Waals surface area contributed by atoms with Gasteiger partial charge in [0.15, 0.2) is 6.79 Å². The first-order valence-corrected chi connectivity index (χ1v) is 4.62. The van der Waals surface area contributed by atoms with Gasteiger partial charge in [0.05, 0.1) is 0 Å². The van der Waals surface area contributed by atoms with Crippen LogP contribution in [0.5, 0.6) is 0 Å². The Morgan fingerprint density at radius 2 is 2.29 bits per heavy atom. The van der Waals surface area contributed by atoms with Crippen molar-refractivity contribution in [3.63, 3.8) is 0 Å². The highest BCUT2D eigenvalue weighted by Crippen LogP contribution is 2.04. The van der Waals surface area contributed by atoms with Gasteiger partial charge < -0.3 is 14.7 Å². The number of likely N-dealkylation sites (tertiary alicyclic amines) is 1. The van der Waals surface area contributed by atoms with E-state index < -0.39 is 6.79 Å². The molecule has 1 aliphatic heterocycles. The van der Waals surface area contributed by atoms with Crippen molar-refractivity contribution in [3.8, 4) is 0 Å². The van der Waals surface area contributed by atoms with Crippen LogP contribution >= 0.6 is 0 Å². The highest BCUT2D eigenvalue weighted by Gasteiger charge is 2.14. The lowest BCUT2D eigenvalue weighted by Crippen LogP contribution is -2.17. The molecule has 1 fully saturated rings. The Morgan fingerprint density at radius 1 is 1.64 bits per heavy atom. The molecular weight excluding hydrogens is 186 g/mol. The molecule has 5 nitrogen and oxygen atoms in total. The summed E-state index contributed by atoms with van der Waals surface area (Å²) in [4.78, 5) is 22.3. The zero-order valence-electron chi connectivity index (χ0n) is 8.65. The van der Waals surface area contributed by atoms with Crippen molar-refractivity contribution in [2.24, 2.45) is 0 Å². The molecule has 1 rings (SSSR count). The minimum atomic E-state index is -0.507. The highest BCUT2D eigenvalue weighted by atomic mass is 16.6. The molecule has 0 aromatic heterocycles. The predicted molar refractivity (Wildman–Crippen MR) is 50.3 cm³/mol. The Labute approximate surface area is 83.6 Å². The fraction of sp³-hybridized carbons (Fsp3) is 0.778. The Hall–Kier alpha value is -1.10. The Bertz CT molecular complexity index is 193. The third-order valence-electron chi connectivity index (χ3n) is 1.82. The van der Waals surface area contributed by atoms with Crippen molar-refractivity contribution in [2.75, 3.05) is 20.4 Å². The molecule has 0 spiro atoms. The Balaban J connectivity index is 0.000000241. The van der Waals surface area contributed by atoms with Crippen LogP contribution in [0, 0.1) is 0 Å². The van der Waals surface area contributed by atoms with E-state index in [1.54, 1.807) is 11.8 Å². The molecule has 1 aliphatic rings. The molecule has 5 heteroatoms. The van der Waals surface area contributed by atoms with Gasteiger partial charge in [0.1, 0.15) is 0 Å². The molecule has 82 valence electrons. The number of hydrogen-bond acceptors (Lipinski definition) is 4. The molecule has 0 unspecified atom stereocenters. The van der Waals surface area contributed by atoms with Crippen LogP contribution in [0.2, 0.25) is 0 Å². The van der Waals surface area contributed by atoms with Crippen molar-refractivity contribution < 1.29 is 19.4 Å². The molecule has 1 amide bonds. The topological polar surface area (TPSA) is 66.8 Å². The Morgan fingerprint density at radius 3 is 2.43 bits per heavy atom. The predicted octanol–water partition coefficient (Wildman–Crippen LogP) is 0.128. The average molecular weight is 203 g/mol. The van der Waals surface area contributed by atoms with Crippen LogP contribution in [0.1, 0.15) is 26.2 Å². The van der Waals surface area contributed by atoms with E-state index in [0.717, 1.165) is 19.4 Å². The second-order valence-electron chi connectivity index (χ2n) is 2.92. The summed E-state index contributed by atoms with van der Waals surface area (Å²) in [5.74, 6) is -0.0810. The third kappa shape index (κ3) is 5.53. The molecule has 0 bridgehead atoms. The second kappa shape index (κ2) is 7.32. The lowest BCUT2D eigenvalue weighted by molar-refractivity contribution is -0.151. The van der Waals surface area contributed by atoms with Gasteiger partial charge in [0, 0.05) is 26.4 Å². The molecule has 0 saturated carbocycles. The number of rotatable bonds is 2. The molecule has 0 aliphatic carbocycles. The normalized spacial score (nSPS) is 14.8. The van der Waals surface area contributed by atoms with Crippen molar-refractivity contribution in [2.45, 2.75) is 26.2 Å². The summed E-state index contributed by atoms with van der Waals surface area (Å²) in [6.45, 7) is 2.11. The maximum absolute atomic E-state index is 10.5. The fourth-order valence-corrected chi connectivity index (χ4v) is 0.957. The number of esters is 1. The molecule has 1 heterocycles. The summed E-state index contributed by atoms with van der Waals surface area (Å²) < 4.78 is 4.11. The summed E-state index contributed by atoms with van der Waals surface area (Å²) in [7, 11) is 1.84. The fourth-order valence-electron chi connectivity index (χ4n) is 0.957. The summed E-state index contributed by atoms with van der Waals surface area (Å²) >= 11 is 0. The van der Waals surface area contributed by atoms with Crippen molar-refractivity contribution in [1.82, 2.24) is 4.90 Å². The minimum Gasteiger partial charge on any atom is -0.439 e. The summed E-state index contributed by atoms with van der Waals surface area (Å²) in [5, 5.41) is 7.92. The van der Waals surface area contributed by atoms with E-state index in [1.165, 1.54) is 0 Å². The van der Waals surface area contributed by atoms with Gasteiger partial charge in [0.2, 0.25) is 5.91 Å². The summed E-state index contributed by atoms with van der Waals surface area (Å²) in [5.41, 5.74) is 0. The number of aliphatic hydroxyl groups is 1. The highest BCUT2D eigenvalue weighted by molar-refractivity contribution is 5.77. The Kier molecular flexibility index (Phi) is 6.74. The molecule has 14 heavy (non-hydrogen) atoms. The van der Waals surface area contributed by atoms with Gasteiger partial charge in [-0.3, -0.25) is 9.59 Å². The van der Waals surface area contributed by atoms with Gasteiger partial charge in [-0.1, -0.05) is 6.92 Å². The molecular formula is C9H17NO4. The number of hydrogen-bond donors (Lipinski definition) is 1. The summed E-state index contributed by atoms with van der Waals surface area (Å²) in [6.07, 6.45) is 2.13. The van der Waals surface area contributed by atoms with Crippen LogP contribution in [-0.4, -0.2) is 42.3 Å². The number of nitrogens with zero attached hydrogens (tertiary/aromatic N) is 1. The van der Waals surface area contributed by atoms with Gasteiger partial charge in [-0.05, 0) is 6.42 Å². The number of carbonyl (C=O) groups is 2. The summed E-state index contributed by atoms with van der Waals surface area (Å²) in [6, 6.07) is 0. The smallest absolute Gasteiger partial charge is 0.307 e. The van der Waals surface area contributed by atoms with Gasteiger partial charge in [-0.25, -0.2) is 0 Å². The van der Waals surface area contributed by atoms with Crippen molar-refractivity contribution in [3.05, 3.63) is 0 Å². The van der Waals surface area contributed by atoms with E-state index in [2.05, 4.69) is 4.74 Å². The maximum Gasteiger partial charge on any atom is 0.307 e. The lowest BCUT2D eigenvalue weighted by atomic mass is 10.4. The van der Waals surface area contributed by atoms with Gasteiger partial charge >= 0.3 is 5.97 Å². The van der Waals surface area contributed by atoms with Gasteiger partial charge in [0.25, 0.3) is 0 Å². The molecule has 0 aromatic rings. The number of aliphatic hydroxyl groups excluding tert-OH is 1. The first-order valence-electron chi connectivity index (χ1n) is 4.62. The number of amides is 1. The van der Waals surface area contributed by atoms with E-state index >= 15 is 0 Å². The second-order valence-corrected chi connectivity index (χ2v) is 2.92. The van der Waals surface area contributed by atoms with E-state index in [9.17, 15) is 9.59 Å². The molecule has 0 atom stereocenters. The SMILES string of the molecule is CCC(=O)OCO.CN1CCCC1=O. The molecule has 0 aromatic carbocycles. The van der Waals surface area contributed by atoms with Crippen molar-refractivity contribution >= 4 is 11.9 Å². The van der Waals surface area contributed by atoms with E-state index in [-0.39, 0.29) is 5.97 Å². The lowest BCUT2D eigenvalue weighted by Gasteiger charge is -2.03. The zero-order chi connectivity index (χ0) is 11.0. The third-order valence-corrected chi connectivity index (χ3v) is 1.82. The van der Waals surface area contributed by atoms with Gasteiger partial charge in [-0.2, -0.15) is 0 Å². The largest absolute Gasteiger partial charge is 0.439 e. The standard InChI is InChI=1S/C5H9NO.C4H8O3/c1-6-4-2-3-5(6)7;1-2-4(6)7-3-5/h2-4H2,1H3;5H,2-3H2,1H3. The van der Waals surface area contributed by atoms with Crippen LogP contribution in [0.4, 0.5) is 0 Å². The van der Waals surface area contributed by atoms with Gasteiger partial charge in [-0.15, -0.1) is 0 Å². The van der Waals surface area contributed by atoms with Crippen molar-refractivity contribution in [1.29, 1.82) is 0 Å². The van der Waals surface area contributed by atoms with Crippen LogP contribution in [-0.2, 0) is 14.3 Å². The molecule has 0 radical (unpaired) electrons. The first kappa shape index (κ1) is 12.9. The minimum absolute atomic E-state index is 0.292. The molecule has 1 N–H and O–H groups in total.